The maximum absolute atomic E-state index is 13.1. The van der Waals surface area contributed by atoms with Crippen LogP contribution < -0.4 is 5.32 Å². The Morgan fingerprint density at radius 1 is 1.38 bits per heavy atom. The molecule has 1 aromatic heterocycles. The lowest BCUT2D eigenvalue weighted by Crippen LogP contribution is -2.51. The number of urea groups is 1. The van der Waals surface area contributed by atoms with Crippen molar-refractivity contribution in [1.82, 2.24) is 14.7 Å². The van der Waals surface area contributed by atoms with Gasteiger partial charge in [-0.15, -0.1) is 0 Å². The molecule has 0 spiro atoms. The quantitative estimate of drug-likeness (QED) is 0.899. The van der Waals surface area contributed by atoms with Crippen molar-refractivity contribution >= 4 is 11.7 Å². The number of carbonyl (C=O) groups excluding carboxylic acids is 1. The average molecular weight is 344 g/mol. The Balaban J connectivity index is 1.67. The normalized spacial score (nSPS) is 24.9. The second-order valence-corrected chi connectivity index (χ2v) is 7.41. The van der Waals surface area contributed by atoms with Crippen LogP contribution in [0.2, 0.25) is 0 Å². The molecular weight excluding hydrogens is 321 g/mol. The lowest BCUT2D eigenvalue weighted by Gasteiger charge is -2.36. The largest absolute Gasteiger partial charge is 0.394 e. The molecule has 1 saturated carbocycles. The number of rotatable bonds is 3. The van der Waals surface area contributed by atoms with Gasteiger partial charge in [0.15, 0.2) is 0 Å². The SMILES string of the molecule is C[C@@H](C1CC1)n1cc(NC(=O)N2CC[C@@H](C(F)(F)F)C2(C)C)cn1. The van der Waals surface area contributed by atoms with Crippen molar-refractivity contribution in [1.29, 1.82) is 0 Å². The minimum atomic E-state index is -4.30. The predicted molar refractivity (Wildman–Crippen MR) is 83.6 cm³/mol. The van der Waals surface area contributed by atoms with Crippen molar-refractivity contribution < 1.29 is 18.0 Å². The van der Waals surface area contributed by atoms with E-state index in [-0.39, 0.29) is 19.0 Å². The molecule has 0 radical (unpaired) electrons. The highest BCUT2D eigenvalue weighted by Gasteiger charge is 2.56. The molecule has 2 heterocycles. The monoisotopic (exact) mass is 344 g/mol. The fourth-order valence-electron chi connectivity index (χ4n) is 3.63. The predicted octanol–water partition coefficient (Wildman–Crippen LogP) is 4.05. The number of alkyl halides is 3. The molecule has 8 heteroatoms. The lowest BCUT2D eigenvalue weighted by atomic mass is 9.88. The summed E-state index contributed by atoms with van der Waals surface area (Å²) in [5, 5.41) is 6.93. The number of halogens is 3. The minimum absolute atomic E-state index is 0.0676. The molecular formula is C16H23F3N4O. The number of hydrogen-bond acceptors (Lipinski definition) is 2. The molecule has 1 saturated heterocycles. The number of amides is 2. The molecule has 2 aliphatic rings. The van der Waals surface area contributed by atoms with Gasteiger partial charge in [-0.05, 0) is 46.0 Å². The standard InChI is InChI=1S/C16H23F3N4O/c1-10(11-4-5-11)23-9-12(8-20-23)21-14(24)22-7-6-13(15(22,2)3)16(17,18)19/h8-11,13H,4-7H2,1-3H3,(H,21,24)/t10-,13+/m0/s1. The number of nitrogens with zero attached hydrogens (tertiary/aromatic N) is 3. The second kappa shape index (κ2) is 5.67. The van der Waals surface area contributed by atoms with Crippen molar-refractivity contribution in [3.8, 4) is 0 Å². The van der Waals surface area contributed by atoms with Gasteiger partial charge in [0.2, 0.25) is 0 Å². The minimum Gasteiger partial charge on any atom is -0.319 e. The van der Waals surface area contributed by atoms with Crippen molar-refractivity contribution in [3.63, 3.8) is 0 Å². The summed E-state index contributed by atoms with van der Waals surface area (Å²) in [6.07, 6.45) is 1.28. The van der Waals surface area contributed by atoms with Crippen LogP contribution in [-0.4, -0.2) is 39.0 Å². The van der Waals surface area contributed by atoms with Crippen LogP contribution in [0.1, 0.15) is 46.1 Å². The first kappa shape index (κ1) is 17.1. The van der Waals surface area contributed by atoms with E-state index in [4.69, 9.17) is 0 Å². The first-order chi connectivity index (χ1) is 11.1. The van der Waals surface area contributed by atoms with E-state index in [1.807, 2.05) is 0 Å². The molecule has 1 N–H and O–H groups in total. The van der Waals surface area contributed by atoms with Crippen LogP contribution in [0, 0.1) is 11.8 Å². The molecule has 2 atom stereocenters. The lowest BCUT2D eigenvalue weighted by molar-refractivity contribution is -0.189. The smallest absolute Gasteiger partial charge is 0.319 e. The molecule has 1 aromatic rings. The van der Waals surface area contributed by atoms with Gasteiger partial charge in [0, 0.05) is 12.7 Å². The molecule has 2 fully saturated rings. The molecule has 5 nitrogen and oxygen atoms in total. The molecule has 1 aliphatic carbocycles. The van der Waals surface area contributed by atoms with E-state index < -0.39 is 23.7 Å². The van der Waals surface area contributed by atoms with Crippen LogP contribution in [0.15, 0.2) is 12.4 Å². The van der Waals surface area contributed by atoms with Crippen LogP contribution >= 0.6 is 0 Å². The Morgan fingerprint density at radius 3 is 2.58 bits per heavy atom. The zero-order valence-corrected chi connectivity index (χ0v) is 14.1. The first-order valence-corrected chi connectivity index (χ1v) is 8.30. The highest BCUT2D eigenvalue weighted by Crippen LogP contribution is 2.45. The molecule has 2 amide bonds. The number of anilines is 1. The highest BCUT2D eigenvalue weighted by atomic mass is 19.4. The third-order valence-electron chi connectivity index (χ3n) is 5.40. The maximum Gasteiger partial charge on any atom is 0.394 e. The van der Waals surface area contributed by atoms with E-state index in [9.17, 15) is 18.0 Å². The zero-order valence-electron chi connectivity index (χ0n) is 14.1. The molecule has 3 rings (SSSR count). The summed E-state index contributed by atoms with van der Waals surface area (Å²) in [6.45, 7) is 5.11. The Morgan fingerprint density at radius 2 is 2.04 bits per heavy atom. The first-order valence-electron chi connectivity index (χ1n) is 8.30. The van der Waals surface area contributed by atoms with Gasteiger partial charge >= 0.3 is 12.2 Å². The zero-order chi connectivity index (χ0) is 17.7. The summed E-state index contributed by atoms with van der Waals surface area (Å²) in [5.74, 6) is -0.883. The molecule has 134 valence electrons. The van der Waals surface area contributed by atoms with E-state index in [1.54, 1.807) is 17.1 Å². The van der Waals surface area contributed by atoms with Crippen molar-refractivity contribution in [3.05, 3.63) is 12.4 Å². The van der Waals surface area contributed by atoms with Gasteiger partial charge in [-0.3, -0.25) is 4.68 Å². The van der Waals surface area contributed by atoms with Crippen LogP contribution in [-0.2, 0) is 0 Å². The summed E-state index contributed by atoms with van der Waals surface area (Å²) in [5.41, 5.74) is -0.752. The average Bonchev–Trinajstić information content (AvgIpc) is 3.11. The molecule has 24 heavy (non-hydrogen) atoms. The summed E-state index contributed by atoms with van der Waals surface area (Å²) in [4.78, 5) is 13.7. The van der Waals surface area contributed by atoms with E-state index >= 15 is 0 Å². The van der Waals surface area contributed by atoms with Gasteiger partial charge in [0.1, 0.15) is 0 Å². The summed E-state index contributed by atoms with van der Waals surface area (Å²) >= 11 is 0. The Bertz CT molecular complexity index is 621. The fraction of sp³-hybridized carbons (Fsp3) is 0.750. The van der Waals surface area contributed by atoms with Gasteiger partial charge in [0.05, 0.1) is 29.4 Å². The van der Waals surface area contributed by atoms with Gasteiger partial charge in [-0.1, -0.05) is 0 Å². The topological polar surface area (TPSA) is 50.2 Å². The molecule has 0 aromatic carbocycles. The van der Waals surface area contributed by atoms with Crippen LogP contribution in [0.4, 0.5) is 23.7 Å². The molecule has 0 bridgehead atoms. The van der Waals surface area contributed by atoms with Crippen molar-refractivity contribution in [2.24, 2.45) is 11.8 Å². The maximum atomic E-state index is 13.1. The van der Waals surface area contributed by atoms with Crippen LogP contribution in [0.5, 0.6) is 0 Å². The summed E-state index contributed by atoms with van der Waals surface area (Å²) in [7, 11) is 0. The second-order valence-electron chi connectivity index (χ2n) is 7.41. The summed E-state index contributed by atoms with van der Waals surface area (Å²) < 4.78 is 41.2. The Hall–Kier alpha value is -1.73. The number of carbonyl (C=O) groups is 1. The van der Waals surface area contributed by atoms with Crippen LogP contribution in [0.3, 0.4) is 0 Å². The fourth-order valence-corrected chi connectivity index (χ4v) is 3.63. The van der Waals surface area contributed by atoms with Gasteiger partial charge in [0.25, 0.3) is 0 Å². The molecule has 1 aliphatic heterocycles. The van der Waals surface area contributed by atoms with E-state index in [1.165, 1.54) is 31.6 Å². The van der Waals surface area contributed by atoms with Crippen LogP contribution in [0.25, 0.3) is 0 Å². The summed E-state index contributed by atoms with van der Waals surface area (Å²) in [6, 6.07) is -0.237. The van der Waals surface area contributed by atoms with Crippen molar-refractivity contribution in [2.75, 3.05) is 11.9 Å². The molecule has 0 unspecified atom stereocenters. The van der Waals surface area contributed by atoms with Gasteiger partial charge in [-0.2, -0.15) is 18.3 Å². The van der Waals surface area contributed by atoms with E-state index in [0.29, 0.717) is 11.6 Å². The van der Waals surface area contributed by atoms with Gasteiger partial charge < -0.3 is 10.2 Å². The number of nitrogens with one attached hydrogen (secondary N) is 1. The van der Waals surface area contributed by atoms with Crippen molar-refractivity contribution in [2.45, 2.75) is 57.8 Å². The Kier molecular flexibility index (Phi) is 4.04. The van der Waals surface area contributed by atoms with E-state index in [0.717, 1.165) is 0 Å². The third kappa shape index (κ3) is 3.10. The number of likely N-dealkylation sites (tertiary alicyclic amines) is 1. The number of hydrogen-bond donors (Lipinski definition) is 1. The van der Waals surface area contributed by atoms with Gasteiger partial charge in [-0.25, -0.2) is 4.79 Å². The van der Waals surface area contributed by atoms with E-state index in [2.05, 4.69) is 17.3 Å². The third-order valence-corrected chi connectivity index (χ3v) is 5.40. The highest BCUT2D eigenvalue weighted by molar-refractivity contribution is 5.89. The Labute approximate surface area is 139 Å². The number of aromatic nitrogens is 2.